The first-order valence-electron chi connectivity index (χ1n) is 14.3. The summed E-state index contributed by atoms with van der Waals surface area (Å²) in [6.07, 6.45) is 9.61. The Morgan fingerprint density at radius 2 is 1.45 bits per heavy atom. The molecule has 3 heteroatoms. The summed E-state index contributed by atoms with van der Waals surface area (Å²) in [4.78, 5) is 0. The Kier molecular flexibility index (Phi) is 5.55. The molecule has 0 aliphatic heterocycles. The first-order valence-corrected chi connectivity index (χ1v) is 14.3. The van der Waals surface area contributed by atoms with Gasteiger partial charge < -0.3 is 15.3 Å². The highest BCUT2D eigenvalue weighted by Gasteiger charge is 2.72. The van der Waals surface area contributed by atoms with Gasteiger partial charge in [-0.25, -0.2) is 0 Å². The van der Waals surface area contributed by atoms with E-state index in [-0.39, 0.29) is 45.9 Å². The number of aliphatic hydroxyl groups excluding tert-OH is 3. The first kappa shape index (κ1) is 24.6. The van der Waals surface area contributed by atoms with Crippen molar-refractivity contribution < 1.29 is 15.3 Å². The molecule has 5 saturated carbocycles. The fourth-order valence-electron chi connectivity index (χ4n) is 11.7. The second-order valence-electron chi connectivity index (χ2n) is 15.1. The largest absolute Gasteiger partial charge is 0.396 e. The van der Waals surface area contributed by atoms with E-state index in [2.05, 4.69) is 48.5 Å². The number of fused-ring (bicyclic) bond motifs is 7. The Morgan fingerprint density at radius 3 is 2.09 bits per heavy atom. The molecule has 0 aromatic heterocycles. The number of aliphatic hydroxyl groups is 3. The van der Waals surface area contributed by atoms with Crippen LogP contribution in [0.15, 0.2) is 0 Å². The molecule has 3 nitrogen and oxygen atoms in total. The third kappa shape index (κ3) is 2.85. The quantitative estimate of drug-likeness (QED) is 0.470. The van der Waals surface area contributed by atoms with Gasteiger partial charge in [-0.3, -0.25) is 0 Å². The molecule has 190 valence electrons. The predicted octanol–water partition coefficient (Wildman–Crippen LogP) is 6.05. The van der Waals surface area contributed by atoms with Crippen LogP contribution in [-0.4, -0.2) is 34.1 Å². The zero-order valence-corrected chi connectivity index (χ0v) is 22.5. The summed E-state index contributed by atoms with van der Waals surface area (Å²) >= 11 is 0. The van der Waals surface area contributed by atoms with Gasteiger partial charge in [-0.2, -0.15) is 0 Å². The van der Waals surface area contributed by atoms with E-state index in [9.17, 15) is 15.3 Å². The highest BCUT2D eigenvalue weighted by atomic mass is 16.3. The summed E-state index contributed by atoms with van der Waals surface area (Å²) in [7, 11) is 0. The van der Waals surface area contributed by atoms with Gasteiger partial charge in [0, 0.05) is 12.0 Å². The topological polar surface area (TPSA) is 60.7 Å². The smallest absolute Gasteiger partial charge is 0.0599 e. The van der Waals surface area contributed by atoms with Crippen molar-refractivity contribution in [2.75, 3.05) is 6.61 Å². The van der Waals surface area contributed by atoms with Crippen LogP contribution < -0.4 is 0 Å². The molecule has 11 unspecified atom stereocenters. The van der Waals surface area contributed by atoms with Crippen LogP contribution in [0.2, 0.25) is 0 Å². The lowest BCUT2D eigenvalue weighted by atomic mass is 9.32. The first-order chi connectivity index (χ1) is 15.3. The summed E-state index contributed by atoms with van der Waals surface area (Å²) in [5.41, 5.74) is 0.403. The van der Waals surface area contributed by atoms with Gasteiger partial charge in [0.2, 0.25) is 0 Å². The Hall–Kier alpha value is -0.120. The average Bonchev–Trinajstić information content (AvgIpc) is 3.02. The summed E-state index contributed by atoms with van der Waals surface area (Å²) in [6.45, 7) is 17.2. The molecule has 0 heterocycles. The lowest BCUT2D eigenvalue weighted by Crippen LogP contribution is -2.68. The minimum absolute atomic E-state index is 0.0445. The molecule has 11 atom stereocenters. The van der Waals surface area contributed by atoms with Crippen LogP contribution in [0, 0.1) is 62.6 Å². The Bertz CT molecular complexity index is 777. The number of hydrogen-bond acceptors (Lipinski definition) is 3. The van der Waals surface area contributed by atoms with Crippen LogP contribution in [-0.2, 0) is 0 Å². The van der Waals surface area contributed by atoms with E-state index in [4.69, 9.17) is 0 Å². The van der Waals surface area contributed by atoms with Gasteiger partial charge in [0.05, 0.1) is 12.2 Å². The van der Waals surface area contributed by atoms with E-state index in [1.807, 2.05) is 0 Å². The average molecular weight is 461 g/mol. The van der Waals surface area contributed by atoms with Gasteiger partial charge >= 0.3 is 0 Å². The molecule has 0 aromatic rings. The molecule has 3 N–H and O–H groups in total. The molecule has 5 rings (SSSR count). The van der Waals surface area contributed by atoms with Crippen molar-refractivity contribution in [1.82, 2.24) is 0 Å². The van der Waals surface area contributed by atoms with E-state index in [0.717, 1.165) is 32.1 Å². The zero-order valence-electron chi connectivity index (χ0n) is 22.5. The van der Waals surface area contributed by atoms with E-state index in [1.54, 1.807) is 0 Å². The van der Waals surface area contributed by atoms with Crippen molar-refractivity contribution in [2.45, 2.75) is 118 Å². The molecule has 0 amide bonds. The highest BCUT2D eigenvalue weighted by molar-refractivity contribution is 5.20. The van der Waals surface area contributed by atoms with Crippen molar-refractivity contribution in [2.24, 2.45) is 62.6 Å². The monoisotopic (exact) mass is 460 g/mol. The van der Waals surface area contributed by atoms with Gasteiger partial charge in [0.15, 0.2) is 0 Å². The molecule has 0 spiro atoms. The lowest BCUT2D eigenvalue weighted by Gasteiger charge is -2.73. The van der Waals surface area contributed by atoms with Crippen LogP contribution in [0.3, 0.4) is 0 Å². The Morgan fingerprint density at radius 1 is 0.758 bits per heavy atom. The second-order valence-corrected chi connectivity index (χ2v) is 15.1. The Balaban J connectivity index is 1.56. The van der Waals surface area contributed by atoms with E-state index in [1.165, 1.54) is 25.7 Å². The minimum Gasteiger partial charge on any atom is -0.396 e. The molecular weight excluding hydrogens is 408 g/mol. The third-order valence-electron chi connectivity index (χ3n) is 13.9. The maximum atomic E-state index is 11.2. The molecular formula is C30H52O3. The fourth-order valence-corrected chi connectivity index (χ4v) is 11.7. The van der Waals surface area contributed by atoms with Crippen LogP contribution >= 0.6 is 0 Å². The van der Waals surface area contributed by atoms with Crippen LogP contribution in [0.1, 0.15) is 106 Å². The lowest BCUT2D eigenvalue weighted by molar-refractivity contribution is -0.262. The second kappa shape index (κ2) is 7.45. The van der Waals surface area contributed by atoms with Gasteiger partial charge in [-0.05, 0) is 115 Å². The molecule has 0 bridgehead atoms. The molecule has 5 aliphatic rings. The summed E-state index contributed by atoms with van der Waals surface area (Å²) in [5.74, 6) is 3.49. The SMILES string of the molecule is CC(C)C1CC(O)C2(C)CCC3(C)C(CCC4C5(CO)CCC(O)C(C)(C)C5CCC43C)C12. The highest BCUT2D eigenvalue weighted by Crippen LogP contribution is 2.77. The standard InChI is InChI=1S/C30H52O3/c1-18(2)19-16-24(33)27(5)14-15-28(6)20(25(19)27)8-9-22-29(28,7)12-10-21-26(3,4)23(32)11-13-30(21,22)17-31/h18-25,31-33H,8-17H2,1-7H3. The summed E-state index contributed by atoms with van der Waals surface area (Å²) < 4.78 is 0. The number of hydrogen-bond donors (Lipinski definition) is 3. The third-order valence-corrected chi connectivity index (χ3v) is 13.9. The van der Waals surface area contributed by atoms with Crippen LogP contribution in [0.25, 0.3) is 0 Å². The van der Waals surface area contributed by atoms with Gasteiger partial charge in [-0.15, -0.1) is 0 Å². The van der Waals surface area contributed by atoms with Crippen LogP contribution in [0.4, 0.5) is 0 Å². The summed E-state index contributed by atoms with van der Waals surface area (Å²) in [5, 5.41) is 33.2. The Labute approximate surface area is 203 Å². The van der Waals surface area contributed by atoms with Gasteiger partial charge in [0.1, 0.15) is 0 Å². The van der Waals surface area contributed by atoms with Gasteiger partial charge in [-0.1, -0.05) is 48.5 Å². The van der Waals surface area contributed by atoms with E-state index in [0.29, 0.717) is 35.5 Å². The molecule has 0 radical (unpaired) electrons. The maximum absolute atomic E-state index is 11.2. The fraction of sp³-hybridized carbons (Fsp3) is 1.00. The molecule has 33 heavy (non-hydrogen) atoms. The molecule has 5 fully saturated rings. The van der Waals surface area contributed by atoms with E-state index >= 15 is 0 Å². The number of rotatable bonds is 2. The minimum atomic E-state index is -0.249. The molecule has 5 aliphatic carbocycles. The zero-order chi connectivity index (χ0) is 24.2. The van der Waals surface area contributed by atoms with Crippen molar-refractivity contribution in [3.8, 4) is 0 Å². The van der Waals surface area contributed by atoms with Crippen LogP contribution in [0.5, 0.6) is 0 Å². The normalized spacial score (nSPS) is 57.7. The summed E-state index contributed by atoms with van der Waals surface area (Å²) in [6, 6.07) is 0. The maximum Gasteiger partial charge on any atom is 0.0599 e. The van der Waals surface area contributed by atoms with Gasteiger partial charge in [0.25, 0.3) is 0 Å². The molecule has 0 aromatic carbocycles. The molecule has 0 saturated heterocycles. The predicted molar refractivity (Wildman–Crippen MR) is 133 cm³/mol. The van der Waals surface area contributed by atoms with Crippen molar-refractivity contribution >= 4 is 0 Å². The van der Waals surface area contributed by atoms with Crippen molar-refractivity contribution in [3.63, 3.8) is 0 Å². The van der Waals surface area contributed by atoms with Crippen molar-refractivity contribution in [1.29, 1.82) is 0 Å². The van der Waals surface area contributed by atoms with Crippen molar-refractivity contribution in [3.05, 3.63) is 0 Å². The van der Waals surface area contributed by atoms with E-state index < -0.39 is 0 Å².